The molecule has 4 aromatic rings. The fraction of sp³-hybridized carbons (Fsp3) is 0.120. The van der Waals surface area contributed by atoms with E-state index in [9.17, 15) is 10.2 Å². The van der Waals surface area contributed by atoms with Crippen LogP contribution in [-0.2, 0) is 5.41 Å². The lowest BCUT2D eigenvalue weighted by Crippen LogP contribution is -2.22. The minimum Gasteiger partial charge on any atom is -0.507 e. The maximum atomic E-state index is 10.2. The van der Waals surface area contributed by atoms with Crippen LogP contribution in [0.25, 0.3) is 22.5 Å². The molecule has 144 valence electrons. The van der Waals surface area contributed by atoms with Crippen LogP contribution in [0.2, 0.25) is 0 Å². The summed E-state index contributed by atoms with van der Waals surface area (Å²) in [5.74, 6) is 0.407. The molecule has 0 radical (unpaired) electrons. The Bertz CT molecular complexity index is 1080. The summed E-state index contributed by atoms with van der Waals surface area (Å²) in [5.41, 5.74) is 4.04. The van der Waals surface area contributed by atoms with Gasteiger partial charge in [-0.05, 0) is 62.4 Å². The average Bonchev–Trinajstić information content (AvgIpc) is 2.74. The molecule has 0 aliphatic rings. The molecular formula is C25H22N2O2. The highest BCUT2D eigenvalue weighted by molar-refractivity contribution is 5.68. The average molecular weight is 382 g/mol. The molecule has 0 aliphatic heterocycles. The summed E-state index contributed by atoms with van der Waals surface area (Å²) in [7, 11) is 0. The van der Waals surface area contributed by atoms with E-state index in [1.807, 2.05) is 60.7 Å². The van der Waals surface area contributed by atoms with Crippen LogP contribution in [0.3, 0.4) is 0 Å². The van der Waals surface area contributed by atoms with Crippen LogP contribution in [0.15, 0.2) is 84.9 Å². The first-order chi connectivity index (χ1) is 14.0. The van der Waals surface area contributed by atoms with Crippen molar-refractivity contribution in [1.82, 2.24) is 9.97 Å². The molecule has 29 heavy (non-hydrogen) atoms. The second-order valence-corrected chi connectivity index (χ2v) is 7.48. The normalized spacial score (nSPS) is 11.4. The lowest BCUT2D eigenvalue weighted by atomic mass is 9.84. The molecule has 0 fully saturated rings. The van der Waals surface area contributed by atoms with Crippen LogP contribution in [-0.4, -0.2) is 20.2 Å². The van der Waals surface area contributed by atoms with Crippen molar-refractivity contribution in [1.29, 1.82) is 0 Å². The van der Waals surface area contributed by atoms with Crippen LogP contribution in [0, 0.1) is 0 Å². The lowest BCUT2D eigenvalue weighted by molar-refractivity contribution is 0.476. The number of aromatic nitrogens is 2. The summed E-state index contributed by atoms with van der Waals surface area (Å²) in [4.78, 5) is 9.64. The van der Waals surface area contributed by atoms with Gasteiger partial charge in [-0.2, -0.15) is 0 Å². The van der Waals surface area contributed by atoms with Gasteiger partial charge in [0.05, 0.1) is 22.8 Å². The molecule has 0 atom stereocenters. The van der Waals surface area contributed by atoms with Crippen molar-refractivity contribution in [2.24, 2.45) is 0 Å². The van der Waals surface area contributed by atoms with Crippen molar-refractivity contribution >= 4 is 0 Å². The van der Waals surface area contributed by atoms with E-state index in [2.05, 4.69) is 13.8 Å². The Kier molecular flexibility index (Phi) is 4.77. The van der Waals surface area contributed by atoms with Gasteiger partial charge in [-0.15, -0.1) is 0 Å². The fourth-order valence-corrected chi connectivity index (χ4v) is 3.38. The zero-order valence-corrected chi connectivity index (χ0v) is 16.4. The number of aromatic hydroxyl groups is 2. The minimum absolute atomic E-state index is 0.203. The van der Waals surface area contributed by atoms with Crippen molar-refractivity contribution in [3.63, 3.8) is 0 Å². The molecule has 2 aromatic heterocycles. The predicted molar refractivity (Wildman–Crippen MR) is 115 cm³/mol. The molecule has 0 aliphatic carbocycles. The fourth-order valence-electron chi connectivity index (χ4n) is 3.38. The molecule has 0 saturated heterocycles. The van der Waals surface area contributed by atoms with Crippen molar-refractivity contribution in [2.45, 2.75) is 19.3 Å². The van der Waals surface area contributed by atoms with Gasteiger partial charge in [0.25, 0.3) is 0 Å². The highest BCUT2D eigenvalue weighted by atomic mass is 16.3. The van der Waals surface area contributed by atoms with E-state index in [1.54, 1.807) is 24.3 Å². The van der Waals surface area contributed by atoms with Gasteiger partial charge in [-0.1, -0.05) is 36.4 Å². The van der Waals surface area contributed by atoms with Crippen LogP contribution in [0.4, 0.5) is 0 Å². The van der Waals surface area contributed by atoms with Gasteiger partial charge < -0.3 is 10.2 Å². The molecule has 0 saturated carbocycles. The number of rotatable bonds is 4. The summed E-state index contributed by atoms with van der Waals surface area (Å²) in [5, 5.41) is 20.4. The maximum absolute atomic E-state index is 10.2. The van der Waals surface area contributed by atoms with Gasteiger partial charge in [-0.3, -0.25) is 9.97 Å². The van der Waals surface area contributed by atoms with Gasteiger partial charge in [0, 0.05) is 16.5 Å². The molecule has 2 N–H and O–H groups in total. The Hall–Kier alpha value is -3.66. The maximum Gasteiger partial charge on any atom is 0.124 e. The molecule has 0 amide bonds. The number of pyridine rings is 2. The number of phenolic OH excluding ortho intramolecular Hbond substituents is 2. The first kappa shape index (κ1) is 18.7. The zero-order chi connectivity index (χ0) is 20.4. The van der Waals surface area contributed by atoms with E-state index >= 15 is 0 Å². The quantitative estimate of drug-likeness (QED) is 0.486. The Morgan fingerprint density at radius 2 is 0.966 bits per heavy atom. The van der Waals surface area contributed by atoms with Crippen molar-refractivity contribution in [2.75, 3.05) is 0 Å². The van der Waals surface area contributed by atoms with Crippen LogP contribution in [0.1, 0.15) is 25.2 Å². The van der Waals surface area contributed by atoms with Gasteiger partial charge in [-0.25, -0.2) is 0 Å². The SMILES string of the molecule is CC(C)(c1cccc(-c2ccccc2O)n1)c1cccc(-c2ccccc2O)n1. The second-order valence-electron chi connectivity index (χ2n) is 7.48. The van der Waals surface area contributed by atoms with E-state index in [0.29, 0.717) is 22.5 Å². The standard InChI is InChI=1S/C25H22N2O2/c1-25(2,23-15-7-11-19(26-23)17-9-3-5-13-21(17)28)24-16-8-12-20(27-24)18-10-4-6-14-22(18)29/h3-16,28-29H,1-2H3. The van der Waals surface area contributed by atoms with Crippen LogP contribution in [0.5, 0.6) is 11.5 Å². The predicted octanol–water partition coefficient (Wildman–Crippen LogP) is 5.55. The van der Waals surface area contributed by atoms with Gasteiger partial charge >= 0.3 is 0 Å². The number of phenols is 2. The highest BCUT2D eigenvalue weighted by Gasteiger charge is 2.27. The van der Waals surface area contributed by atoms with Crippen molar-refractivity contribution in [3.8, 4) is 34.0 Å². The third-order valence-corrected chi connectivity index (χ3v) is 5.14. The van der Waals surface area contributed by atoms with Crippen molar-refractivity contribution in [3.05, 3.63) is 96.3 Å². The van der Waals surface area contributed by atoms with Crippen LogP contribution >= 0.6 is 0 Å². The number of benzene rings is 2. The third-order valence-electron chi connectivity index (χ3n) is 5.14. The van der Waals surface area contributed by atoms with E-state index < -0.39 is 5.41 Å². The third kappa shape index (κ3) is 3.57. The molecule has 4 rings (SSSR count). The Morgan fingerprint density at radius 3 is 1.38 bits per heavy atom. The Labute approximate surface area is 170 Å². The molecular weight excluding hydrogens is 360 g/mol. The monoisotopic (exact) mass is 382 g/mol. The van der Waals surface area contributed by atoms with E-state index in [1.165, 1.54) is 0 Å². The van der Waals surface area contributed by atoms with Gasteiger partial charge in [0.2, 0.25) is 0 Å². The van der Waals surface area contributed by atoms with Gasteiger partial charge in [0.1, 0.15) is 11.5 Å². The van der Waals surface area contributed by atoms with Crippen LogP contribution < -0.4 is 0 Å². The largest absolute Gasteiger partial charge is 0.507 e. The van der Waals surface area contributed by atoms with Gasteiger partial charge in [0.15, 0.2) is 0 Å². The lowest BCUT2D eigenvalue weighted by Gasteiger charge is -2.25. The summed E-state index contributed by atoms with van der Waals surface area (Å²) in [6.45, 7) is 4.14. The summed E-state index contributed by atoms with van der Waals surface area (Å²) < 4.78 is 0. The first-order valence-corrected chi connectivity index (χ1v) is 9.48. The molecule has 2 aromatic carbocycles. The number of nitrogens with zero attached hydrogens (tertiary/aromatic N) is 2. The summed E-state index contributed by atoms with van der Waals surface area (Å²) >= 11 is 0. The molecule has 0 spiro atoms. The van der Waals surface area contributed by atoms with E-state index in [4.69, 9.17) is 9.97 Å². The molecule has 4 nitrogen and oxygen atoms in total. The second kappa shape index (κ2) is 7.40. The van der Waals surface area contributed by atoms with E-state index in [0.717, 1.165) is 11.4 Å². The molecule has 0 unspecified atom stereocenters. The Balaban J connectivity index is 1.77. The van der Waals surface area contributed by atoms with E-state index in [-0.39, 0.29) is 11.5 Å². The minimum atomic E-state index is -0.471. The molecule has 4 heteroatoms. The molecule has 2 heterocycles. The molecule has 0 bridgehead atoms. The number of hydrogen-bond acceptors (Lipinski definition) is 4. The topological polar surface area (TPSA) is 66.2 Å². The smallest absolute Gasteiger partial charge is 0.124 e. The Morgan fingerprint density at radius 1 is 0.552 bits per heavy atom. The number of para-hydroxylation sites is 2. The highest BCUT2D eigenvalue weighted by Crippen LogP contribution is 2.34. The first-order valence-electron chi connectivity index (χ1n) is 9.48. The zero-order valence-electron chi connectivity index (χ0n) is 16.4. The number of hydrogen-bond donors (Lipinski definition) is 2. The summed E-state index contributed by atoms with van der Waals surface area (Å²) in [6.07, 6.45) is 0. The van der Waals surface area contributed by atoms with Crippen molar-refractivity contribution < 1.29 is 10.2 Å². The summed E-state index contributed by atoms with van der Waals surface area (Å²) in [6, 6.07) is 26.0.